The Hall–Kier alpha value is -2.34. The van der Waals surface area contributed by atoms with Crippen LogP contribution in [-0.2, 0) is 0 Å². The highest BCUT2D eigenvalue weighted by atomic mass is 31.1. The first-order valence-corrected chi connectivity index (χ1v) is 15.6. The second kappa shape index (κ2) is 15.7. The van der Waals surface area contributed by atoms with E-state index in [-0.39, 0.29) is 15.8 Å². The van der Waals surface area contributed by atoms with Gasteiger partial charge in [0.25, 0.3) is 0 Å². The predicted octanol–water partition coefficient (Wildman–Crippen LogP) is 5.36. The lowest BCUT2D eigenvalue weighted by molar-refractivity contribution is 0.437. The van der Waals surface area contributed by atoms with Crippen molar-refractivity contribution in [1.29, 1.82) is 0 Å². The fourth-order valence-corrected chi connectivity index (χ4v) is 8.80. The number of hydrogen-bond acceptors (Lipinski definition) is 2. The SMILES string of the molecule is CN(C)CCP(c1ccccc1)c1ccccc1.CN(C)CCP(c1ccccc1)c1ccccc1. The quantitative estimate of drug-likeness (QED) is 0.263. The van der Waals surface area contributed by atoms with Crippen molar-refractivity contribution in [2.45, 2.75) is 0 Å². The average Bonchev–Trinajstić information content (AvgIpc) is 2.91. The van der Waals surface area contributed by atoms with E-state index in [4.69, 9.17) is 0 Å². The van der Waals surface area contributed by atoms with E-state index in [9.17, 15) is 0 Å². The number of rotatable bonds is 10. The van der Waals surface area contributed by atoms with Gasteiger partial charge in [0.15, 0.2) is 0 Å². The van der Waals surface area contributed by atoms with E-state index >= 15 is 0 Å². The van der Waals surface area contributed by atoms with Crippen LogP contribution in [0.1, 0.15) is 0 Å². The third-order valence-corrected chi connectivity index (χ3v) is 10.8. The summed E-state index contributed by atoms with van der Waals surface area (Å²) < 4.78 is 0. The Kier molecular flexibility index (Phi) is 12.3. The van der Waals surface area contributed by atoms with Gasteiger partial charge in [0.2, 0.25) is 0 Å². The highest BCUT2D eigenvalue weighted by Crippen LogP contribution is 2.33. The smallest absolute Gasteiger partial charge is 0.00206 e. The second-order valence-electron chi connectivity index (χ2n) is 9.25. The van der Waals surface area contributed by atoms with E-state index in [1.807, 2.05) is 0 Å². The molecule has 0 aliphatic rings. The Labute approximate surface area is 221 Å². The minimum Gasteiger partial charge on any atom is -0.309 e. The lowest BCUT2D eigenvalue weighted by atomic mass is 10.4. The minimum absolute atomic E-state index is 0.225. The van der Waals surface area contributed by atoms with Crippen LogP contribution in [0.4, 0.5) is 0 Å². The van der Waals surface area contributed by atoms with E-state index < -0.39 is 0 Å². The first-order valence-electron chi connectivity index (χ1n) is 12.6. The molecule has 0 bridgehead atoms. The Morgan fingerprint density at radius 1 is 0.389 bits per heavy atom. The average molecular weight is 515 g/mol. The zero-order valence-corrected chi connectivity index (χ0v) is 24.0. The summed E-state index contributed by atoms with van der Waals surface area (Å²) in [7, 11) is 8.12. The first kappa shape index (κ1) is 28.2. The van der Waals surface area contributed by atoms with Crippen LogP contribution in [-0.4, -0.2) is 63.4 Å². The van der Waals surface area contributed by atoms with Crippen LogP contribution in [0, 0.1) is 0 Å². The summed E-state index contributed by atoms with van der Waals surface area (Å²) in [5.41, 5.74) is 0. The summed E-state index contributed by atoms with van der Waals surface area (Å²) in [4.78, 5) is 4.53. The van der Waals surface area contributed by atoms with Gasteiger partial charge in [0.1, 0.15) is 0 Å². The molecule has 2 nitrogen and oxygen atoms in total. The zero-order chi connectivity index (χ0) is 25.6. The van der Waals surface area contributed by atoms with Gasteiger partial charge in [-0.25, -0.2) is 0 Å². The van der Waals surface area contributed by atoms with Crippen molar-refractivity contribution < 1.29 is 0 Å². The molecule has 36 heavy (non-hydrogen) atoms. The molecule has 0 spiro atoms. The van der Waals surface area contributed by atoms with Gasteiger partial charge in [0, 0.05) is 13.1 Å². The molecule has 0 N–H and O–H groups in total. The molecular weight excluding hydrogens is 474 g/mol. The molecular formula is C32H40N2P2. The van der Waals surface area contributed by atoms with Crippen molar-refractivity contribution >= 4 is 37.1 Å². The lowest BCUT2D eigenvalue weighted by Gasteiger charge is -2.20. The second-order valence-corrected chi connectivity index (χ2v) is 13.9. The van der Waals surface area contributed by atoms with Crippen LogP contribution in [0.25, 0.3) is 0 Å². The Bertz CT molecular complexity index is 918. The number of benzene rings is 4. The first-order chi connectivity index (χ1) is 17.5. The molecule has 4 heteroatoms. The van der Waals surface area contributed by atoms with E-state index in [0.29, 0.717) is 0 Å². The van der Waals surface area contributed by atoms with E-state index in [1.165, 1.54) is 33.5 Å². The zero-order valence-electron chi connectivity index (χ0n) is 22.2. The Morgan fingerprint density at radius 2 is 0.611 bits per heavy atom. The fraction of sp³-hybridized carbons (Fsp3) is 0.250. The van der Waals surface area contributed by atoms with Crippen molar-refractivity contribution in [2.24, 2.45) is 0 Å². The summed E-state index contributed by atoms with van der Waals surface area (Å²) in [5.74, 6) is 0. The summed E-state index contributed by atoms with van der Waals surface area (Å²) in [6.07, 6.45) is 2.44. The van der Waals surface area contributed by atoms with Gasteiger partial charge >= 0.3 is 0 Å². The van der Waals surface area contributed by atoms with Gasteiger partial charge in [-0.05, 0) is 77.6 Å². The molecule has 0 aromatic heterocycles. The molecule has 0 saturated carbocycles. The van der Waals surface area contributed by atoms with Gasteiger partial charge in [-0.3, -0.25) is 0 Å². The van der Waals surface area contributed by atoms with Crippen LogP contribution >= 0.6 is 15.8 Å². The summed E-state index contributed by atoms with van der Waals surface area (Å²) in [6.45, 7) is 2.27. The lowest BCUT2D eigenvalue weighted by Crippen LogP contribution is -2.22. The van der Waals surface area contributed by atoms with Gasteiger partial charge in [0.05, 0.1) is 0 Å². The topological polar surface area (TPSA) is 6.48 Å². The van der Waals surface area contributed by atoms with E-state index in [2.05, 4.69) is 159 Å². The molecule has 0 heterocycles. The van der Waals surface area contributed by atoms with E-state index in [1.54, 1.807) is 0 Å². The minimum atomic E-state index is -0.225. The molecule has 0 atom stereocenters. The van der Waals surface area contributed by atoms with Crippen LogP contribution in [0.5, 0.6) is 0 Å². The van der Waals surface area contributed by atoms with Crippen molar-refractivity contribution in [3.63, 3.8) is 0 Å². The van der Waals surface area contributed by atoms with Crippen LogP contribution in [0.15, 0.2) is 121 Å². The Balaban J connectivity index is 0.000000201. The number of hydrogen-bond donors (Lipinski definition) is 0. The predicted molar refractivity (Wildman–Crippen MR) is 165 cm³/mol. The molecule has 0 fully saturated rings. The largest absolute Gasteiger partial charge is 0.309 e. The van der Waals surface area contributed by atoms with Gasteiger partial charge in [-0.1, -0.05) is 121 Å². The summed E-state index contributed by atoms with van der Waals surface area (Å²) in [6, 6.07) is 43.6. The maximum Gasteiger partial charge on any atom is 0.00206 e. The molecule has 0 saturated heterocycles. The van der Waals surface area contributed by atoms with Crippen LogP contribution in [0.3, 0.4) is 0 Å². The third kappa shape index (κ3) is 9.61. The normalized spacial score (nSPS) is 11.1. The monoisotopic (exact) mass is 514 g/mol. The maximum atomic E-state index is 2.27. The van der Waals surface area contributed by atoms with Gasteiger partial charge < -0.3 is 9.80 Å². The van der Waals surface area contributed by atoms with Gasteiger partial charge in [-0.15, -0.1) is 0 Å². The maximum absolute atomic E-state index is 2.27. The van der Waals surface area contributed by atoms with Crippen molar-refractivity contribution in [1.82, 2.24) is 9.80 Å². The summed E-state index contributed by atoms with van der Waals surface area (Å²) >= 11 is 0. The molecule has 0 aliphatic heterocycles. The fourth-order valence-electron chi connectivity index (χ4n) is 3.85. The molecule has 4 aromatic rings. The van der Waals surface area contributed by atoms with Gasteiger partial charge in [-0.2, -0.15) is 0 Å². The van der Waals surface area contributed by atoms with E-state index in [0.717, 1.165) is 13.1 Å². The molecule has 0 amide bonds. The molecule has 4 rings (SSSR count). The van der Waals surface area contributed by atoms with Crippen LogP contribution in [0.2, 0.25) is 0 Å². The number of nitrogens with zero attached hydrogens (tertiary/aromatic N) is 2. The molecule has 0 aliphatic carbocycles. The molecule has 4 aromatic carbocycles. The third-order valence-electron chi connectivity index (χ3n) is 5.81. The molecule has 0 unspecified atom stereocenters. The highest BCUT2D eigenvalue weighted by molar-refractivity contribution is 7.73. The molecule has 188 valence electrons. The van der Waals surface area contributed by atoms with Crippen molar-refractivity contribution in [3.05, 3.63) is 121 Å². The standard InChI is InChI=1S/2C16H20NP/c2*1-17(2)13-14-18(15-9-5-3-6-10-15)16-11-7-4-8-12-16/h2*3-12H,13-14H2,1-2H3. The van der Waals surface area contributed by atoms with Crippen molar-refractivity contribution in [2.75, 3.05) is 53.6 Å². The Morgan fingerprint density at radius 3 is 0.806 bits per heavy atom. The van der Waals surface area contributed by atoms with Crippen LogP contribution < -0.4 is 21.2 Å². The highest BCUT2D eigenvalue weighted by Gasteiger charge is 2.14. The summed E-state index contributed by atoms with van der Waals surface area (Å²) in [5, 5.41) is 5.89. The molecule has 0 radical (unpaired) electrons. The van der Waals surface area contributed by atoms with Crippen molar-refractivity contribution in [3.8, 4) is 0 Å².